The molecule has 0 aromatic heterocycles. The number of alkyl halides is 3. The number of hydrazone groups is 1. The van der Waals surface area contributed by atoms with Crippen molar-refractivity contribution in [3.8, 4) is 0 Å². The Kier molecular flexibility index (Phi) is 4.13. The van der Waals surface area contributed by atoms with Gasteiger partial charge in [0.05, 0.1) is 24.2 Å². The van der Waals surface area contributed by atoms with E-state index in [2.05, 4.69) is 5.10 Å². The van der Waals surface area contributed by atoms with Crippen LogP contribution in [0, 0.1) is 6.92 Å². The first-order chi connectivity index (χ1) is 11.3. The standard InChI is InChI=1S/C18H15F3N2O/c1-12-7-8-13(9-15(12)18(19,20)21)11-23-17(24)10-16(22-23)14-5-3-2-4-6-14/h2-9H,10-11H2,1H3. The normalized spacial score (nSPS) is 14.9. The molecule has 1 aliphatic rings. The van der Waals surface area contributed by atoms with E-state index in [9.17, 15) is 18.0 Å². The van der Waals surface area contributed by atoms with Crippen molar-refractivity contribution in [1.29, 1.82) is 0 Å². The molecule has 1 aliphatic heterocycles. The molecule has 2 aromatic carbocycles. The molecule has 0 unspecified atom stereocenters. The summed E-state index contributed by atoms with van der Waals surface area (Å²) in [6.07, 6.45) is -4.25. The second-order valence-corrected chi connectivity index (χ2v) is 5.69. The summed E-state index contributed by atoms with van der Waals surface area (Å²) in [6.45, 7) is 1.44. The van der Waals surface area contributed by atoms with Crippen LogP contribution in [0.2, 0.25) is 0 Å². The van der Waals surface area contributed by atoms with Gasteiger partial charge in [-0.2, -0.15) is 18.3 Å². The van der Waals surface area contributed by atoms with E-state index >= 15 is 0 Å². The largest absolute Gasteiger partial charge is 0.416 e. The Bertz CT molecular complexity index is 798. The molecule has 0 aliphatic carbocycles. The van der Waals surface area contributed by atoms with Crippen LogP contribution < -0.4 is 0 Å². The highest BCUT2D eigenvalue weighted by Crippen LogP contribution is 2.32. The fraction of sp³-hybridized carbons (Fsp3) is 0.222. The number of amides is 1. The minimum Gasteiger partial charge on any atom is -0.272 e. The molecule has 1 heterocycles. The highest BCUT2D eigenvalue weighted by molar-refractivity contribution is 6.13. The summed E-state index contributed by atoms with van der Waals surface area (Å²) in [5, 5.41) is 5.50. The van der Waals surface area contributed by atoms with E-state index in [1.807, 2.05) is 30.3 Å². The third-order valence-corrected chi connectivity index (χ3v) is 3.89. The first kappa shape index (κ1) is 16.2. The summed E-state index contributed by atoms with van der Waals surface area (Å²) >= 11 is 0. The zero-order chi connectivity index (χ0) is 17.3. The van der Waals surface area contributed by atoms with Gasteiger partial charge >= 0.3 is 6.18 Å². The number of benzene rings is 2. The number of hydrogen-bond acceptors (Lipinski definition) is 2. The number of carbonyl (C=O) groups excluding carboxylic acids is 1. The topological polar surface area (TPSA) is 32.7 Å². The summed E-state index contributed by atoms with van der Waals surface area (Å²) in [5.74, 6) is -0.219. The van der Waals surface area contributed by atoms with E-state index in [4.69, 9.17) is 0 Å². The average molecular weight is 332 g/mol. The smallest absolute Gasteiger partial charge is 0.272 e. The molecule has 6 heteroatoms. The van der Waals surface area contributed by atoms with Gasteiger partial charge < -0.3 is 0 Å². The fourth-order valence-electron chi connectivity index (χ4n) is 2.63. The summed E-state index contributed by atoms with van der Waals surface area (Å²) in [5.41, 5.74) is 1.35. The highest BCUT2D eigenvalue weighted by Gasteiger charge is 2.33. The van der Waals surface area contributed by atoms with Gasteiger partial charge in [-0.3, -0.25) is 4.79 Å². The molecule has 3 rings (SSSR count). The molecule has 0 saturated carbocycles. The zero-order valence-electron chi connectivity index (χ0n) is 13.0. The van der Waals surface area contributed by atoms with Crippen LogP contribution in [0.3, 0.4) is 0 Å². The summed E-state index contributed by atoms with van der Waals surface area (Å²) in [4.78, 5) is 12.1. The second kappa shape index (κ2) is 6.11. The van der Waals surface area contributed by atoms with Gasteiger partial charge in [0.25, 0.3) is 0 Å². The van der Waals surface area contributed by atoms with E-state index in [0.29, 0.717) is 11.3 Å². The van der Waals surface area contributed by atoms with E-state index < -0.39 is 11.7 Å². The predicted molar refractivity (Wildman–Crippen MR) is 84.3 cm³/mol. The van der Waals surface area contributed by atoms with Gasteiger partial charge in [0.2, 0.25) is 5.91 Å². The van der Waals surface area contributed by atoms with Crippen molar-refractivity contribution < 1.29 is 18.0 Å². The van der Waals surface area contributed by atoms with Gasteiger partial charge in [-0.15, -0.1) is 0 Å². The van der Waals surface area contributed by atoms with Crippen LogP contribution in [0.1, 0.15) is 28.7 Å². The third kappa shape index (κ3) is 3.32. The molecular formula is C18H15F3N2O. The Morgan fingerprint density at radius 3 is 2.50 bits per heavy atom. The van der Waals surface area contributed by atoms with Crippen molar-refractivity contribution in [2.45, 2.75) is 26.1 Å². The lowest BCUT2D eigenvalue weighted by Crippen LogP contribution is -2.20. The Morgan fingerprint density at radius 1 is 1.12 bits per heavy atom. The Labute approximate surface area is 137 Å². The molecule has 2 aromatic rings. The van der Waals surface area contributed by atoms with E-state index in [1.165, 1.54) is 18.0 Å². The van der Waals surface area contributed by atoms with Crippen molar-refractivity contribution in [2.75, 3.05) is 0 Å². The van der Waals surface area contributed by atoms with Gasteiger partial charge in [0, 0.05) is 0 Å². The lowest BCUT2D eigenvalue weighted by molar-refractivity contribution is -0.138. The maximum Gasteiger partial charge on any atom is 0.416 e. The molecule has 0 atom stereocenters. The lowest BCUT2D eigenvalue weighted by atomic mass is 10.0. The lowest BCUT2D eigenvalue weighted by Gasteiger charge is -2.15. The third-order valence-electron chi connectivity index (χ3n) is 3.89. The summed E-state index contributed by atoms with van der Waals surface area (Å²) < 4.78 is 39.0. The van der Waals surface area contributed by atoms with Crippen LogP contribution in [0.25, 0.3) is 0 Å². The zero-order valence-corrected chi connectivity index (χ0v) is 13.0. The SMILES string of the molecule is Cc1ccc(CN2N=C(c3ccccc3)CC2=O)cc1C(F)(F)F. The molecular weight excluding hydrogens is 317 g/mol. The number of carbonyl (C=O) groups is 1. The molecule has 0 bridgehead atoms. The molecule has 0 N–H and O–H groups in total. The van der Waals surface area contributed by atoms with E-state index in [0.717, 1.165) is 11.6 Å². The van der Waals surface area contributed by atoms with E-state index in [-0.39, 0.29) is 24.4 Å². The van der Waals surface area contributed by atoms with Gasteiger partial charge in [-0.1, -0.05) is 42.5 Å². The number of rotatable bonds is 3. The van der Waals surface area contributed by atoms with Crippen LogP contribution in [-0.2, 0) is 17.5 Å². The van der Waals surface area contributed by atoms with Crippen LogP contribution in [-0.4, -0.2) is 16.6 Å². The van der Waals surface area contributed by atoms with Crippen LogP contribution in [0.5, 0.6) is 0 Å². The van der Waals surface area contributed by atoms with Crippen LogP contribution in [0.4, 0.5) is 13.2 Å². The Balaban J connectivity index is 1.84. The second-order valence-electron chi connectivity index (χ2n) is 5.69. The average Bonchev–Trinajstić information content (AvgIpc) is 2.90. The van der Waals surface area contributed by atoms with Crippen LogP contribution >= 0.6 is 0 Å². The summed E-state index contributed by atoms with van der Waals surface area (Å²) in [6, 6.07) is 13.4. The van der Waals surface area contributed by atoms with Crippen molar-refractivity contribution in [3.05, 3.63) is 70.8 Å². The molecule has 124 valence electrons. The number of halogens is 3. The molecule has 0 fully saturated rings. The fourth-order valence-corrected chi connectivity index (χ4v) is 2.63. The van der Waals surface area contributed by atoms with Gasteiger partial charge in [0.1, 0.15) is 0 Å². The monoisotopic (exact) mass is 332 g/mol. The quantitative estimate of drug-likeness (QED) is 0.831. The number of nitrogens with zero attached hydrogens (tertiary/aromatic N) is 2. The molecule has 0 radical (unpaired) electrons. The van der Waals surface area contributed by atoms with Crippen molar-refractivity contribution in [2.24, 2.45) is 5.10 Å². The van der Waals surface area contributed by atoms with Crippen molar-refractivity contribution in [3.63, 3.8) is 0 Å². The minimum absolute atomic E-state index is 0.0263. The first-order valence-corrected chi connectivity index (χ1v) is 7.44. The van der Waals surface area contributed by atoms with Crippen LogP contribution in [0.15, 0.2) is 53.6 Å². The molecule has 0 saturated heterocycles. The van der Waals surface area contributed by atoms with E-state index in [1.54, 1.807) is 6.07 Å². The number of hydrogen-bond donors (Lipinski definition) is 0. The van der Waals surface area contributed by atoms with Crippen molar-refractivity contribution in [1.82, 2.24) is 5.01 Å². The predicted octanol–water partition coefficient (Wildman–Crippen LogP) is 4.15. The Morgan fingerprint density at radius 2 is 1.83 bits per heavy atom. The van der Waals surface area contributed by atoms with Gasteiger partial charge in [0.15, 0.2) is 0 Å². The first-order valence-electron chi connectivity index (χ1n) is 7.44. The summed E-state index contributed by atoms with van der Waals surface area (Å²) in [7, 11) is 0. The minimum atomic E-state index is -4.41. The molecule has 0 spiro atoms. The van der Waals surface area contributed by atoms with Gasteiger partial charge in [-0.05, 0) is 29.7 Å². The molecule has 24 heavy (non-hydrogen) atoms. The number of aryl methyl sites for hydroxylation is 1. The maximum atomic E-state index is 13.0. The Hall–Kier alpha value is -2.63. The highest BCUT2D eigenvalue weighted by atomic mass is 19.4. The molecule has 3 nitrogen and oxygen atoms in total. The van der Waals surface area contributed by atoms with Crippen molar-refractivity contribution >= 4 is 11.6 Å². The molecule has 1 amide bonds. The maximum absolute atomic E-state index is 13.0. The van der Waals surface area contributed by atoms with Gasteiger partial charge in [-0.25, -0.2) is 5.01 Å².